The van der Waals surface area contributed by atoms with Crippen molar-refractivity contribution < 1.29 is 9.53 Å². The molecule has 24 heavy (non-hydrogen) atoms. The third kappa shape index (κ3) is 3.33. The molecule has 0 saturated carbocycles. The van der Waals surface area contributed by atoms with E-state index in [2.05, 4.69) is 28.8 Å². The van der Waals surface area contributed by atoms with Gasteiger partial charge in [0, 0.05) is 0 Å². The minimum atomic E-state index is -0.264. The second kappa shape index (κ2) is 7.04. The number of carbonyl (C=O) groups is 1. The van der Waals surface area contributed by atoms with Gasteiger partial charge in [0.1, 0.15) is 5.75 Å². The first-order valence-electron chi connectivity index (χ1n) is 7.87. The van der Waals surface area contributed by atoms with E-state index in [1.165, 1.54) is 0 Å². The zero-order valence-corrected chi connectivity index (χ0v) is 13.7. The molecule has 3 aromatic rings. The summed E-state index contributed by atoms with van der Waals surface area (Å²) in [4.78, 5) is 12.3. The molecule has 0 spiro atoms. The molecule has 4 nitrogen and oxygen atoms in total. The molecule has 2 amide bonds. The molecule has 3 aromatic carbocycles. The van der Waals surface area contributed by atoms with Crippen LogP contribution >= 0.6 is 0 Å². The number of carbonyl (C=O) groups excluding carboxylic acids is 1. The van der Waals surface area contributed by atoms with Crippen molar-refractivity contribution >= 4 is 22.5 Å². The molecule has 0 fully saturated rings. The van der Waals surface area contributed by atoms with Crippen molar-refractivity contribution in [1.29, 1.82) is 0 Å². The van der Waals surface area contributed by atoms with E-state index in [9.17, 15) is 4.79 Å². The lowest BCUT2D eigenvalue weighted by Gasteiger charge is -2.18. The Labute approximate surface area is 141 Å². The molecule has 0 aliphatic rings. The number of methoxy groups -OCH3 is 1. The first-order chi connectivity index (χ1) is 11.7. The van der Waals surface area contributed by atoms with Crippen molar-refractivity contribution in [2.75, 3.05) is 12.4 Å². The molecule has 0 aromatic heterocycles. The standard InChI is InChI=1S/C20H20N2O2/c1-14(16-11-7-9-15-8-3-4-10-17(15)16)21-20(23)22-18-12-5-6-13-19(18)24-2/h3-14H,1-2H3,(H2,21,22,23). The molecule has 0 aliphatic carbocycles. The average Bonchev–Trinajstić information content (AvgIpc) is 2.61. The number of nitrogens with one attached hydrogen (secondary N) is 2. The van der Waals surface area contributed by atoms with Gasteiger partial charge in [-0.1, -0.05) is 54.6 Å². The van der Waals surface area contributed by atoms with Crippen LogP contribution in [0.5, 0.6) is 5.75 Å². The van der Waals surface area contributed by atoms with E-state index in [0.717, 1.165) is 16.3 Å². The zero-order chi connectivity index (χ0) is 16.9. The SMILES string of the molecule is COc1ccccc1NC(=O)NC(C)c1cccc2ccccc12. The number of hydrogen-bond donors (Lipinski definition) is 2. The molecule has 1 atom stereocenters. The molecule has 1 unspecified atom stereocenters. The maximum atomic E-state index is 12.3. The van der Waals surface area contributed by atoms with Crippen molar-refractivity contribution in [2.24, 2.45) is 0 Å². The van der Waals surface area contributed by atoms with Crippen LogP contribution in [0.3, 0.4) is 0 Å². The molecule has 122 valence electrons. The fourth-order valence-electron chi connectivity index (χ4n) is 2.81. The second-order valence-electron chi connectivity index (χ2n) is 5.59. The number of ether oxygens (including phenoxy) is 1. The third-order valence-electron chi connectivity index (χ3n) is 3.99. The summed E-state index contributed by atoms with van der Waals surface area (Å²) in [6, 6.07) is 21.2. The quantitative estimate of drug-likeness (QED) is 0.730. The Hall–Kier alpha value is -3.01. The second-order valence-corrected chi connectivity index (χ2v) is 5.59. The highest BCUT2D eigenvalue weighted by Crippen LogP contribution is 2.25. The van der Waals surface area contributed by atoms with Crippen LogP contribution < -0.4 is 15.4 Å². The van der Waals surface area contributed by atoms with Gasteiger partial charge in [-0.3, -0.25) is 0 Å². The van der Waals surface area contributed by atoms with Gasteiger partial charge in [-0.15, -0.1) is 0 Å². The van der Waals surface area contributed by atoms with E-state index in [0.29, 0.717) is 11.4 Å². The number of hydrogen-bond acceptors (Lipinski definition) is 2. The Balaban J connectivity index is 1.76. The molecular formula is C20H20N2O2. The van der Waals surface area contributed by atoms with Crippen LogP contribution in [0, 0.1) is 0 Å². The van der Waals surface area contributed by atoms with Gasteiger partial charge >= 0.3 is 6.03 Å². The third-order valence-corrected chi connectivity index (χ3v) is 3.99. The van der Waals surface area contributed by atoms with E-state index in [4.69, 9.17) is 4.74 Å². The van der Waals surface area contributed by atoms with Gasteiger partial charge in [-0.05, 0) is 35.4 Å². The first kappa shape index (κ1) is 15.9. The number of benzene rings is 3. The first-order valence-corrected chi connectivity index (χ1v) is 7.87. The molecule has 0 saturated heterocycles. The van der Waals surface area contributed by atoms with E-state index in [-0.39, 0.29) is 12.1 Å². The van der Waals surface area contributed by atoms with Crippen molar-refractivity contribution in [2.45, 2.75) is 13.0 Å². The summed E-state index contributed by atoms with van der Waals surface area (Å²) in [6.07, 6.45) is 0. The van der Waals surface area contributed by atoms with Crippen LogP contribution in [0.25, 0.3) is 10.8 Å². The Bertz CT molecular complexity index is 856. The van der Waals surface area contributed by atoms with Gasteiger partial charge in [0.2, 0.25) is 0 Å². The number of urea groups is 1. The molecule has 0 bridgehead atoms. The Kier molecular flexibility index (Phi) is 4.66. The minimum absolute atomic E-state index is 0.120. The van der Waals surface area contributed by atoms with Gasteiger partial charge in [-0.2, -0.15) is 0 Å². The van der Waals surface area contributed by atoms with Gasteiger partial charge < -0.3 is 15.4 Å². The molecular weight excluding hydrogens is 300 g/mol. The smallest absolute Gasteiger partial charge is 0.319 e. The van der Waals surface area contributed by atoms with Crippen LogP contribution in [0.4, 0.5) is 10.5 Å². The van der Waals surface area contributed by atoms with E-state index in [1.807, 2.05) is 49.4 Å². The number of para-hydroxylation sites is 2. The lowest BCUT2D eigenvalue weighted by atomic mass is 10.00. The monoisotopic (exact) mass is 320 g/mol. The molecule has 0 aliphatic heterocycles. The molecule has 3 rings (SSSR count). The number of amides is 2. The molecule has 0 heterocycles. The minimum Gasteiger partial charge on any atom is -0.495 e. The lowest BCUT2D eigenvalue weighted by molar-refractivity contribution is 0.249. The Morgan fingerprint density at radius 2 is 1.67 bits per heavy atom. The Morgan fingerprint density at radius 1 is 0.958 bits per heavy atom. The van der Waals surface area contributed by atoms with E-state index >= 15 is 0 Å². The van der Waals surface area contributed by atoms with E-state index < -0.39 is 0 Å². The summed E-state index contributed by atoms with van der Waals surface area (Å²) >= 11 is 0. The number of rotatable bonds is 4. The van der Waals surface area contributed by atoms with Crippen molar-refractivity contribution in [3.05, 3.63) is 72.3 Å². The van der Waals surface area contributed by atoms with Crippen LogP contribution in [-0.2, 0) is 0 Å². The summed E-state index contributed by atoms with van der Waals surface area (Å²) in [5.41, 5.74) is 1.73. The number of fused-ring (bicyclic) bond motifs is 1. The summed E-state index contributed by atoms with van der Waals surface area (Å²) < 4.78 is 5.25. The van der Waals surface area contributed by atoms with Crippen LogP contribution in [-0.4, -0.2) is 13.1 Å². The highest BCUT2D eigenvalue weighted by Gasteiger charge is 2.13. The van der Waals surface area contributed by atoms with Gasteiger partial charge in [0.05, 0.1) is 18.8 Å². The fourth-order valence-corrected chi connectivity index (χ4v) is 2.81. The maximum Gasteiger partial charge on any atom is 0.319 e. The van der Waals surface area contributed by atoms with Crippen LogP contribution in [0.1, 0.15) is 18.5 Å². The predicted molar refractivity (Wildman–Crippen MR) is 97.5 cm³/mol. The van der Waals surface area contributed by atoms with Crippen molar-refractivity contribution in [3.63, 3.8) is 0 Å². The number of anilines is 1. The topological polar surface area (TPSA) is 50.4 Å². The maximum absolute atomic E-state index is 12.3. The molecule has 0 radical (unpaired) electrons. The molecule has 4 heteroatoms. The summed E-state index contributed by atoms with van der Waals surface area (Å²) in [6.45, 7) is 1.98. The normalized spacial score (nSPS) is 11.8. The van der Waals surface area contributed by atoms with Gasteiger partial charge in [0.15, 0.2) is 0 Å². The van der Waals surface area contributed by atoms with E-state index in [1.54, 1.807) is 13.2 Å². The highest BCUT2D eigenvalue weighted by molar-refractivity contribution is 5.92. The van der Waals surface area contributed by atoms with Gasteiger partial charge in [0.25, 0.3) is 0 Å². The molecule has 2 N–H and O–H groups in total. The highest BCUT2D eigenvalue weighted by atomic mass is 16.5. The average molecular weight is 320 g/mol. The van der Waals surface area contributed by atoms with Crippen LogP contribution in [0.2, 0.25) is 0 Å². The van der Waals surface area contributed by atoms with Crippen LogP contribution in [0.15, 0.2) is 66.7 Å². The largest absolute Gasteiger partial charge is 0.495 e. The predicted octanol–water partition coefficient (Wildman–Crippen LogP) is 4.73. The van der Waals surface area contributed by atoms with Crippen molar-refractivity contribution in [3.8, 4) is 5.75 Å². The Morgan fingerprint density at radius 3 is 2.50 bits per heavy atom. The fraction of sp³-hybridized carbons (Fsp3) is 0.150. The zero-order valence-electron chi connectivity index (χ0n) is 13.7. The summed E-state index contributed by atoms with van der Waals surface area (Å²) in [7, 11) is 1.58. The van der Waals surface area contributed by atoms with Crippen molar-refractivity contribution in [1.82, 2.24) is 5.32 Å². The van der Waals surface area contributed by atoms with Gasteiger partial charge in [-0.25, -0.2) is 4.79 Å². The summed E-state index contributed by atoms with van der Waals surface area (Å²) in [5.74, 6) is 0.630. The lowest BCUT2D eigenvalue weighted by Crippen LogP contribution is -2.31. The summed E-state index contributed by atoms with van der Waals surface area (Å²) in [5, 5.41) is 8.12.